The molecule has 0 spiro atoms. The summed E-state index contributed by atoms with van der Waals surface area (Å²) < 4.78 is 1.91. The Kier molecular flexibility index (Phi) is 3.29. The zero-order chi connectivity index (χ0) is 8.97. The van der Waals surface area contributed by atoms with Crippen LogP contribution >= 0.6 is 0 Å². The maximum absolute atomic E-state index is 9.01. The normalized spacial score (nSPS) is 13.2. The summed E-state index contributed by atoms with van der Waals surface area (Å²) >= 11 is 0. The van der Waals surface area contributed by atoms with Crippen molar-refractivity contribution in [1.29, 1.82) is 0 Å². The smallest absolute Gasteiger partial charge is 0.0593 e. The quantitative estimate of drug-likeness (QED) is 0.737. The van der Waals surface area contributed by atoms with Crippen LogP contribution in [0.4, 0.5) is 0 Å². The van der Waals surface area contributed by atoms with Gasteiger partial charge in [0.1, 0.15) is 0 Å². The number of aromatic nitrogens is 2. The maximum atomic E-state index is 9.01. The van der Waals surface area contributed by atoms with Crippen LogP contribution in [0.5, 0.6) is 0 Å². The predicted octanol–water partition coefficient (Wildman–Crippen LogP) is 1.35. The highest BCUT2D eigenvalue weighted by atomic mass is 16.3. The first-order chi connectivity index (χ1) is 5.68. The lowest BCUT2D eigenvalue weighted by molar-refractivity contribution is 0.179. The predicted molar refractivity (Wildman–Crippen MR) is 47.9 cm³/mol. The van der Waals surface area contributed by atoms with E-state index in [1.165, 1.54) is 0 Å². The van der Waals surface area contributed by atoms with E-state index < -0.39 is 0 Å². The number of nitrogens with zero attached hydrogens (tertiary/aromatic N) is 2. The van der Waals surface area contributed by atoms with Crippen molar-refractivity contribution in [2.45, 2.75) is 39.3 Å². The lowest BCUT2D eigenvalue weighted by Gasteiger charge is -2.03. The molecule has 0 amide bonds. The average molecular weight is 168 g/mol. The number of aliphatic hydroxyl groups is 1. The van der Waals surface area contributed by atoms with E-state index >= 15 is 0 Å². The molecule has 1 rings (SSSR count). The van der Waals surface area contributed by atoms with Gasteiger partial charge in [0.2, 0.25) is 0 Å². The van der Waals surface area contributed by atoms with Crippen molar-refractivity contribution in [2.24, 2.45) is 0 Å². The molecule has 68 valence electrons. The highest BCUT2D eigenvalue weighted by molar-refractivity contribution is 4.94. The molecular formula is C9H16N2O. The standard InChI is InChI=1S/C9H16N2O/c1-8-5-7-11(10-8)6-3-4-9(2)12/h5,7,9,12H,3-4,6H2,1-2H3. The minimum absolute atomic E-state index is 0.193. The van der Waals surface area contributed by atoms with Crippen molar-refractivity contribution in [3.05, 3.63) is 18.0 Å². The minimum Gasteiger partial charge on any atom is -0.393 e. The lowest BCUT2D eigenvalue weighted by atomic mass is 10.2. The van der Waals surface area contributed by atoms with Crippen molar-refractivity contribution in [3.63, 3.8) is 0 Å². The molecule has 0 saturated carbocycles. The third kappa shape index (κ3) is 3.05. The Balaban J connectivity index is 2.24. The van der Waals surface area contributed by atoms with Gasteiger partial charge in [0.15, 0.2) is 0 Å². The molecule has 0 aliphatic carbocycles. The number of rotatable bonds is 4. The largest absolute Gasteiger partial charge is 0.393 e. The van der Waals surface area contributed by atoms with Gasteiger partial charge in [-0.1, -0.05) is 0 Å². The summed E-state index contributed by atoms with van der Waals surface area (Å²) in [4.78, 5) is 0. The summed E-state index contributed by atoms with van der Waals surface area (Å²) in [5.74, 6) is 0. The Morgan fingerprint density at radius 3 is 2.92 bits per heavy atom. The van der Waals surface area contributed by atoms with E-state index in [9.17, 15) is 0 Å². The van der Waals surface area contributed by atoms with Crippen LogP contribution in [0.2, 0.25) is 0 Å². The molecule has 0 aliphatic heterocycles. The van der Waals surface area contributed by atoms with Crippen LogP contribution in [0.1, 0.15) is 25.5 Å². The van der Waals surface area contributed by atoms with Gasteiger partial charge in [0.25, 0.3) is 0 Å². The Morgan fingerprint density at radius 1 is 1.67 bits per heavy atom. The van der Waals surface area contributed by atoms with Gasteiger partial charge >= 0.3 is 0 Å². The van der Waals surface area contributed by atoms with E-state index in [0.29, 0.717) is 0 Å². The van der Waals surface area contributed by atoms with E-state index in [-0.39, 0.29) is 6.10 Å². The van der Waals surface area contributed by atoms with Gasteiger partial charge in [0.05, 0.1) is 11.8 Å². The Labute approximate surface area is 73.0 Å². The Morgan fingerprint density at radius 2 is 2.42 bits per heavy atom. The van der Waals surface area contributed by atoms with Gasteiger partial charge in [-0.2, -0.15) is 5.10 Å². The third-order valence-corrected chi connectivity index (χ3v) is 1.78. The number of hydrogen-bond donors (Lipinski definition) is 1. The first-order valence-corrected chi connectivity index (χ1v) is 4.36. The monoisotopic (exact) mass is 168 g/mol. The van der Waals surface area contributed by atoms with Crippen molar-refractivity contribution in [1.82, 2.24) is 9.78 Å². The van der Waals surface area contributed by atoms with Gasteiger partial charge < -0.3 is 5.11 Å². The molecule has 3 heteroatoms. The second-order valence-electron chi connectivity index (χ2n) is 3.21. The summed E-state index contributed by atoms with van der Waals surface area (Å²) in [6.45, 7) is 4.69. The molecule has 0 aromatic carbocycles. The van der Waals surface area contributed by atoms with Crippen LogP contribution < -0.4 is 0 Å². The SMILES string of the molecule is Cc1ccn(CCCC(C)O)n1. The minimum atomic E-state index is -0.193. The summed E-state index contributed by atoms with van der Waals surface area (Å²) in [5, 5.41) is 13.2. The molecule has 1 N–H and O–H groups in total. The van der Waals surface area contributed by atoms with E-state index in [2.05, 4.69) is 5.10 Å². The maximum Gasteiger partial charge on any atom is 0.0593 e. The molecule has 0 bridgehead atoms. The number of hydrogen-bond acceptors (Lipinski definition) is 2. The first kappa shape index (κ1) is 9.26. The molecule has 12 heavy (non-hydrogen) atoms. The van der Waals surface area contributed by atoms with Gasteiger partial charge in [-0.05, 0) is 32.8 Å². The molecular weight excluding hydrogens is 152 g/mol. The van der Waals surface area contributed by atoms with E-state index in [1.807, 2.05) is 30.8 Å². The van der Waals surface area contributed by atoms with Crippen LogP contribution in [-0.2, 0) is 6.54 Å². The number of aryl methyl sites for hydroxylation is 2. The molecule has 1 aromatic rings. The van der Waals surface area contributed by atoms with Crippen LogP contribution in [0.15, 0.2) is 12.3 Å². The molecule has 0 fully saturated rings. The molecule has 1 unspecified atom stereocenters. The molecule has 1 heterocycles. The van der Waals surface area contributed by atoms with Crippen LogP contribution in [0.3, 0.4) is 0 Å². The fraction of sp³-hybridized carbons (Fsp3) is 0.667. The second-order valence-corrected chi connectivity index (χ2v) is 3.21. The molecule has 1 atom stereocenters. The van der Waals surface area contributed by atoms with Crippen molar-refractivity contribution < 1.29 is 5.11 Å². The van der Waals surface area contributed by atoms with E-state index in [0.717, 1.165) is 25.1 Å². The van der Waals surface area contributed by atoms with E-state index in [4.69, 9.17) is 5.11 Å². The number of aliphatic hydroxyl groups excluding tert-OH is 1. The fourth-order valence-corrected chi connectivity index (χ4v) is 1.14. The van der Waals surface area contributed by atoms with Crippen molar-refractivity contribution >= 4 is 0 Å². The fourth-order valence-electron chi connectivity index (χ4n) is 1.14. The highest BCUT2D eigenvalue weighted by Gasteiger charge is 1.97. The first-order valence-electron chi connectivity index (χ1n) is 4.36. The molecule has 0 saturated heterocycles. The lowest BCUT2D eigenvalue weighted by Crippen LogP contribution is -2.04. The summed E-state index contributed by atoms with van der Waals surface area (Å²) in [6.07, 6.45) is 3.61. The van der Waals surface area contributed by atoms with Gasteiger partial charge in [-0.25, -0.2) is 0 Å². The summed E-state index contributed by atoms with van der Waals surface area (Å²) in [6, 6.07) is 1.99. The summed E-state index contributed by atoms with van der Waals surface area (Å²) in [5.41, 5.74) is 1.05. The zero-order valence-corrected chi connectivity index (χ0v) is 7.70. The van der Waals surface area contributed by atoms with Crippen molar-refractivity contribution in [2.75, 3.05) is 0 Å². The van der Waals surface area contributed by atoms with Gasteiger partial charge in [-0.3, -0.25) is 4.68 Å². The van der Waals surface area contributed by atoms with Gasteiger partial charge in [-0.15, -0.1) is 0 Å². The van der Waals surface area contributed by atoms with Crippen LogP contribution in [0, 0.1) is 6.92 Å². The Bertz CT molecular complexity index is 230. The summed E-state index contributed by atoms with van der Waals surface area (Å²) in [7, 11) is 0. The second kappa shape index (κ2) is 4.26. The average Bonchev–Trinajstić information content (AvgIpc) is 2.35. The molecule has 0 aliphatic rings. The molecule has 1 aromatic heterocycles. The van der Waals surface area contributed by atoms with Crippen LogP contribution in [-0.4, -0.2) is 21.0 Å². The highest BCUT2D eigenvalue weighted by Crippen LogP contribution is 1.99. The van der Waals surface area contributed by atoms with Crippen LogP contribution in [0.25, 0.3) is 0 Å². The van der Waals surface area contributed by atoms with Crippen molar-refractivity contribution in [3.8, 4) is 0 Å². The molecule has 0 radical (unpaired) electrons. The topological polar surface area (TPSA) is 38.0 Å². The Hall–Kier alpha value is -0.830. The molecule has 3 nitrogen and oxygen atoms in total. The zero-order valence-electron chi connectivity index (χ0n) is 7.70. The van der Waals surface area contributed by atoms with E-state index in [1.54, 1.807) is 0 Å². The third-order valence-electron chi connectivity index (χ3n) is 1.78. The van der Waals surface area contributed by atoms with Gasteiger partial charge in [0, 0.05) is 12.7 Å².